The number of halogens is 3. The van der Waals surface area contributed by atoms with Crippen LogP contribution in [0.3, 0.4) is 0 Å². The molecule has 0 nitrogen and oxygen atoms in total. The maximum Gasteiger partial charge on any atom is 0.146 e. The van der Waals surface area contributed by atoms with Crippen molar-refractivity contribution in [2.75, 3.05) is 0 Å². The molecule has 0 spiro atoms. The summed E-state index contributed by atoms with van der Waals surface area (Å²) in [5.74, 6) is 6.77. The maximum absolute atomic E-state index is 13.6. The lowest BCUT2D eigenvalue weighted by atomic mass is 9.65. The van der Waals surface area contributed by atoms with E-state index in [1.165, 1.54) is 55.4 Å². The van der Waals surface area contributed by atoms with Crippen LogP contribution in [0.1, 0.15) is 67.2 Å². The Bertz CT molecular complexity index is 899. The van der Waals surface area contributed by atoms with E-state index in [4.69, 9.17) is 11.6 Å². The normalized spacial score (nSPS) is 23.8. The monoisotopic (exact) mass is 384 g/mol. The van der Waals surface area contributed by atoms with Gasteiger partial charge in [0.05, 0.1) is 0 Å². The summed E-state index contributed by atoms with van der Waals surface area (Å²) in [6.45, 7) is 2.31. The van der Waals surface area contributed by atoms with Crippen molar-refractivity contribution in [3.05, 3.63) is 69.2 Å². The van der Waals surface area contributed by atoms with Gasteiger partial charge < -0.3 is 0 Å². The molecule has 0 aromatic heterocycles. The Morgan fingerprint density at radius 2 is 1.74 bits per heavy atom. The highest BCUT2D eigenvalue weighted by Gasteiger charge is 2.34. The number of fused-ring (bicyclic) bond motifs is 3. The Hall–Kier alpha value is -1.85. The fourth-order valence-electron chi connectivity index (χ4n) is 4.84. The Morgan fingerprint density at radius 1 is 1.00 bits per heavy atom. The standard InChI is InChI=1S/C24H23ClF2/c1-2-15-5-9-20-18(11-15)7-8-19-12-16(6-10-21(19)20)3-4-17-13-22(26)24(25)23(27)14-17/h6,10,12-15,18,20H,2,5,7-9,11H2,1H3. The summed E-state index contributed by atoms with van der Waals surface area (Å²) in [5, 5.41) is -0.485. The van der Waals surface area contributed by atoms with Gasteiger partial charge >= 0.3 is 0 Å². The molecular weight excluding hydrogens is 362 g/mol. The SMILES string of the molecule is CCC1CCC2c3ccc(C#Cc4cc(F)c(Cl)c(F)c4)cc3CCC2C1. The topological polar surface area (TPSA) is 0 Å². The van der Waals surface area contributed by atoms with E-state index in [1.54, 1.807) is 0 Å². The Kier molecular flexibility index (Phi) is 5.24. The van der Waals surface area contributed by atoms with Crippen LogP contribution in [0.25, 0.3) is 0 Å². The van der Waals surface area contributed by atoms with Crippen LogP contribution in [0.5, 0.6) is 0 Å². The molecule has 0 N–H and O–H groups in total. The molecule has 0 heterocycles. The van der Waals surface area contributed by atoms with Gasteiger partial charge in [-0.25, -0.2) is 8.78 Å². The van der Waals surface area contributed by atoms with E-state index in [0.29, 0.717) is 11.5 Å². The van der Waals surface area contributed by atoms with Gasteiger partial charge in [0, 0.05) is 11.1 Å². The molecule has 0 amide bonds. The van der Waals surface area contributed by atoms with Gasteiger partial charge in [-0.05, 0) is 85.3 Å². The molecule has 140 valence electrons. The minimum Gasteiger partial charge on any atom is -0.205 e. The van der Waals surface area contributed by atoms with Gasteiger partial charge in [0.15, 0.2) is 0 Å². The van der Waals surface area contributed by atoms with Gasteiger partial charge in [-0.3, -0.25) is 0 Å². The van der Waals surface area contributed by atoms with Crippen molar-refractivity contribution < 1.29 is 8.78 Å². The van der Waals surface area contributed by atoms with Crippen molar-refractivity contribution in [3.63, 3.8) is 0 Å². The second-order valence-corrected chi connectivity index (χ2v) is 8.29. The zero-order valence-corrected chi connectivity index (χ0v) is 16.3. The van der Waals surface area contributed by atoms with E-state index in [0.717, 1.165) is 23.8 Å². The van der Waals surface area contributed by atoms with Crippen LogP contribution in [0, 0.1) is 35.3 Å². The first-order valence-electron chi connectivity index (χ1n) is 9.84. The minimum atomic E-state index is -0.778. The first-order valence-corrected chi connectivity index (χ1v) is 10.2. The van der Waals surface area contributed by atoms with Crippen molar-refractivity contribution in [1.82, 2.24) is 0 Å². The molecule has 3 unspecified atom stereocenters. The lowest BCUT2D eigenvalue weighted by Crippen LogP contribution is -2.27. The van der Waals surface area contributed by atoms with Crippen LogP contribution in [0.2, 0.25) is 5.02 Å². The summed E-state index contributed by atoms with van der Waals surface area (Å²) in [6.07, 6.45) is 7.68. The average Bonchev–Trinajstić information content (AvgIpc) is 2.69. The van der Waals surface area contributed by atoms with Gasteiger partial charge in [0.1, 0.15) is 16.7 Å². The highest BCUT2D eigenvalue weighted by atomic mass is 35.5. The zero-order chi connectivity index (χ0) is 19.0. The number of aryl methyl sites for hydroxylation is 1. The molecule has 1 fully saturated rings. The predicted molar refractivity (Wildman–Crippen MR) is 106 cm³/mol. The minimum absolute atomic E-state index is 0.296. The molecule has 2 aromatic rings. The van der Waals surface area contributed by atoms with E-state index >= 15 is 0 Å². The molecule has 3 heteroatoms. The van der Waals surface area contributed by atoms with Gasteiger partial charge in [-0.15, -0.1) is 0 Å². The van der Waals surface area contributed by atoms with Crippen LogP contribution in [0.15, 0.2) is 30.3 Å². The first kappa shape index (κ1) is 18.5. The zero-order valence-electron chi connectivity index (χ0n) is 15.5. The van der Waals surface area contributed by atoms with Gasteiger partial charge in [0.2, 0.25) is 0 Å². The quantitative estimate of drug-likeness (QED) is 0.371. The third-order valence-electron chi connectivity index (χ3n) is 6.33. The summed E-state index contributed by atoms with van der Waals surface area (Å²) >= 11 is 5.52. The maximum atomic E-state index is 13.6. The van der Waals surface area contributed by atoms with Crippen LogP contribution in [-0.4, -0.2) is 0 Å². The Balaban J connectivity index is 1.57. The van der Waals surface area contributed by atoms with Crippen LogP contribution in [-0.2, 0) is 6.42 Å². The van der Waals surface area contributed by atoms with Crippen LogP contribution < -0.4 is 0 Å². The van der Waals surface area contributed by atoms with Gasteiger partial charge in [-0.1, -0.05) is 42.9 Å². The molecule has 0 radical (unpaired) electrons. The second-order valence-electron chi connectivity index (χ2n) is 7.91. The molecule has 4 rings (SSSR count). The average molecular weight is 385 g/mol. The number of rotatable bonds is 1. The van der Waals surface area contributed by atoms with Crippen LogP contribution in [0.4, 0.5) is 8.78 Å². The number of hydrogen-bond acceptors (Lipinski definition) is 0. The summed E-state index contributed by atoms with van der Waals surface area (Å²) < 4.78 is 27.1. The molecule has 2 aromatic carbocycles. The summed E-state index contributed by atoms with van der Waals surface area (Å²) in [4.78, 5) is 0. The molecule has 0 bridgehead atoms. The summed E-state index contributed by atoms with van der Waals surface area (Å²) in [6, 6.07) is 8.78. The van der Waals surface area contributed by atoms with Crippen molar-refractivity contribution in [2.24, 2.45) is 11.8 Å². The summed E-state index contributed by atoms with van der Waals surface area (Å²) in [7, 11) is 0. The number of hydrogen-bond donors (Lipinski definition) is 0. The Morgan fingerprint density at radius 3 is 2.48 bits per heavy atom. The van der Waals surface area contributed by atoms with Crippen molar-refractivity contribution in [2.45, 2.75) is 51.4 Å². The van der Waals surface area contributed by atoms with E-state index in [9.17, 15) is 8.78 Å². The fraction of sp³-hybridized carbons (Fsp3) is 0.417. The Labute approximate surface area is 164 Å². The molecule has 2 aliphatic carbocycles. The van der Waals surface area contributed by atoms with E-state index in [2.05, 4.69) is 30.9 Å². The van der Waals surface area contributed by atoms with Crippen molar-refractivity contribution >= 4 is 11.6 Å². The largest absolute Gasteiger partial charge is 0.205 e. The molecule has 2 aliphatic rings. The van der Waals surface area contributed by atoms with Gasteiger partial charge in [0.25, 0.3) is 0 Å². The van der Waals surface area contributed by atoms with E-state index in [1.807, 2.05) is 6.07 Å². The van der Waals surface area contributed by atoms with E-state index < -0.39 is 16.7 Å². The third-order valence-corrected chi connectivity index (χ3v) is 6.69. The predicted octanol–water partition coefficient (Wildman–Crippen LogP) is 6.87. The second kappa shape index (κ2) is 7.64. The fourth-order valence-corrected chi connectivity index (χ4v) is 4.94. The molecule has 3 atom stereocenters. The smallest absolute Gasteiger partial charge is 0.146 e. The molecular formula is C24H23ClF2. The molecule has 1 saturated carbocycles. The molecule has 0 saturated heterocycles. The molecule has 0 aliphatic heterocycles. The number of benzene rings is 2. The third kappa shape index (κ3) is 3.76. The summed E-state index contributed by atoms with van der Waals surface area (Å²) in [5.41, 5.74) is 4.08. The lowest BCUT2D eigenvalue weighted by Gasteiger charge is -2.40. The first-order chi connectivity index (χ1) is 13.0. The van der Waals surface area contributed by atoms with Crippen molar-refractivity contribution in [1.29, 1.82) is 0 Å². The van der Waals surface area contributed by atoms with Crippen molar-refractivity contribution in [3.8, 4) is 11.8 Å². The van der Waals surface area contributed by atoms with Gasteiger partial charge in [-0.2, -0.15) is 0 Å². The lowest BCUT2D eigenvalue weighted by molar-refractivity contribution is 0.206. The van der Waals surface area contributed by atoms with E-state index in [-0.39, 0.29) is 0 Å². The van der Waals surface area contributed by atoms with Crippen LogP contribution >= 0.6 is 11.6 Å². The highest BCUT2D eigenvalue weighted by molar-refractivity contribution is 6.30. The molecule has 27 heavy (non-hydrogen) atoms. The highest BCUT2D eigenvalue weighted by Crippen LogP contribution is 2.47.